The molecule has 6 heteroatoms. The summed E-state index contributed by atoms with van der Waals surface area (Å²) in [4.78, 5) is 15.0. The van der Waals surface area contributed by atoms with Crippen LogP contribution in [0.25, 0.3) is 0 Å². The molecule has 0 aromatic heterocycles. The van der Waals surface area contributed by atoms with Crippen LogP contribution in [0.1, 0.15) is 51.5 Å². The number of halogens is 1. The van der Waals surface area contributed by atoms with Gasteiger partial charge in [-0.25, -0.2) is 4.31 Å². The normalized spacial score (nSPS) is 19.9. The first-order valence-corrected chi connectivity index (χ1v) is 12.7. The first kappa shape index (κ1) is 24.0. The minimum atomic E-state index is -1.14. The van der Waals surface area contributed by atoms with Crippen molar-refractivity contribution in [2.45, 2.75) is 56.9 Å². The Morgan fingerprint density at radius 3 is 2.52 bits per heavy atom. The van der Waals surface area contributed by atoms with Crippen molar-refractivity contribution in [3.05, 3.63) is 53.1 Å². The van der Waals surface area contributed by atoms with Crippen molar-refractivity contribution in [1.82, 2.24) is 4.31 Å². The molecule has 0 radical (unpaired) electrons. The molecule has 174 valence electrons. The van der Waals surface area contributed by atoms with E-state index in [4.69, 9.17) is 11.6 Å². The van der Waals surface area contributed by atoms with Crippen molar-refractivity contribution in [3.63, 3.8) is 0 Å². The predicted molar refractivity (Wildman–Crippen MR) is 137 cm³/mol. The fraction of sp³-hybridized carbons (Fsp3) is 0.444. The van der Waals surface area contributed by atoms with Gasteiger partial charge in [-0.05, 0) is 75.9 Å². The Balaban J connectivity index is 1.77. The quantitative estimate of drug-likeness (QED) is 0.383. The zero-order valence-corrected chi connectivity index (χ0v) is 21.0. The topological polar surface area (TPSA) is 43.8 Å². The number of anilines is 2. The lowest BCUT2D eigenvalue weighted by molar-refractivity contribution is -0.143. The Morgan fingerprint density at radius 1 is 1.15 bits per heavy atom. The standard InChI is InChI=1S/C27H31ClN2O2S/c1-27(2,26(31)32)15-14-20-16-25-23(17-22(20)28)30(21-12-8-5-9-13-21)18-24(29(3)33-25)19-10-6-4-7-11-19/h5,8-9,12-13,16-17,19,24H,4,6-7,10-11,18H2,1-3H3,(H,31,32)/t24-/m0/s1. The Labute approximate surface area is 206 Å². The average molecular weight is 483 g/mol. The molecule has 1 aliphatic carbocycles. The van der Waals surface area contributed by atoms with Crippen LogP contribution in [0, 0.1) is 23.2 Å². The van der Waals surface area contributed by atoms with E-state index in [-0.39, 0.29) is 0 Å². The van der Waals surface area contributed by atoms with Crippen LogP contribution in [0.2, 0.25) is 5.02 Å². The summed E-state index contributed by atoms with van der Waals surface area (Å²) in [6, 6.07) is 14.9. The van der Waals surface area contributed by atoms with E-state index in [9.17, 15) is 9.90 Å². The number of hydrogen-bond acceptors (Lipinski definition) is 4. The summed E-state index contributed by atoms with van der Waals surface area (Å²) >= 11 is 8.44. The lowest BCUT2D eigenvalue weighted by Crippen LogP contribution is -2.42. The number of carboxylic acids is 1. The molecule has 1 atom stereocenters. The highest BCUT2D eigenvalue weighted by atomic mass is 35.5. The van der Waals surface area contributed by atoms with Crippen molar-refractivity contribution >= 4 is 40.9 Å². The van der Waals surface area contributed by atoms with E-state index < -0.39 is 11.4 Å². The van der Waals surface area contributed by atoms with Crippen molar-refractivity contribution < 1.29 is 9.90 Å². The van der Waals surface area contributed by atoms with Gasteiger partial charge >= 0.3 is 5.97 Å². The number of para-hydroxylation sites is 1. The molecule has 0 amide bonds. The number of fused-ring (bicyclic) bond motifs is 1. The number of hydrogen-bond donors (Lipinski definition) is 1. The number of aliphatic carboxylic acids is 1. The number of rotatable bonds is 3. The third-order valence-electron chi connectivity index (χ3n) is 6.72. The lowest BCUT2D eigenvalue weighted by atomic mass is 9.83. The average Bonchev–Trinajstić information content (AvgIpc) is 2.94. The van der Waals surface area contributed by atoms with E-state index in [2.05, 4.69) is 52.4 Å². The minimum Gasteiger partial charge on any atom is -0.480 e. The van der Waals surface area contributed by atoms with Crippen molar-refractivity contribution in [2.24, 2.45) is 11.3 Å². The van der Waals surface area contributed by atoms with Crippen LogP contribution in [0.4, 0.5) is 11.4 Å². The van der Waals surface area contributed by atoms with Crippen LogP contribution in [0.15, 0.2) is 47.4 Å². The van der Waals surface area contributed by atoms with E-state index in [0.717, 1.165) is 22.8 Å². The molecule has 0 unspecified atom stereocenters. The summed E-state index contributed by atoms with van der Waals surface area (Å²) in [6.45, 7) is 4.11. The Kier molecular flexibility index (Phi) is 7.28. The highest BCUT2D eigenvalue weighted by Crippen LogP contribution is 2.45. The van der Waals surface area contributed by atoms with E-state index in [1.54, 1.807) is 25.8 Å². The summed E-state index contributed by atoms with van der Waals surface area (Å²) in [5, 5.41) is 9.96. The van der Waals surface area contributed by atoms with Gasteiger partial charge in [-0.2, -0.15) is 0 Å². The van der Waals surface area contributed by atoms with Crippen LogP contribution < -0.4 is 4.90 Å². The second-order valence-corrected chi connectivity index (χ2v) is 11.1. The van der Waals surface area contributed by atoms with Gasteiger partial charge in [-0.1, -0.05) is 60.9 Å². The van der Waals surface area contributed by atoms with Crippen LogP contribution in [0.3, 0.4) is 0 Å². The molecule has 0 spiro atoms. The maximum atomic E-state index is 11.5. The van der Waals surface area contributed by atoms with Gasteiger partial charge in [0.15, 0.2) is 0 Å². The summed E-state index contributed by atoms with van der Waals surface area (Å²) in [7, 11) is 2.19. The first-order valence-electron chi connectivity index (χ1n) is 11.6. The fourth-order valence-corrected chi connectivity index (χ4v) is 5.96. The summed E-state index contributed by atoms with van der Waals surface area (Å²) < 4.78 is 2.41. The second-order valence-electron chi connectivity index (χ2n) is 9.53. The molecule has 1 saturated carbocycles. The molecule has 4 nitrogen and oxygen atoms in total. The van der Waals surface area contributed by atoms with Gasteiger partial charge in [0, 0.05) is 28.7 Å². The third kappa shape index (κ3) is 5.35. The molecule has 2 aliphatic rings. The SMILES string of the molecule is CN1Sc2cc(C#CC(C)(C)C(=O)O)c(Cl)cc2N(c2ccccc2)C[C@H]1C1CCCCC1. The Hall–Kier alpha value is -2.13. The molecule has 1 N–H and O–H groups in total. The molecule has 33 heavy (non-hydrogen) atoms. The van der Waals surface area contributed by atoms with Gasteiger partial charge < -0.3 is 10.0 Å². The van der Waals surface area contributed by atoms with E-state index in [1.807, 2.05) is 18.2 Å². The number of nitrogens with zero attached hydrogens (tertiary/aromatic N) is 2. The molecule has 0 bridgehead atoms. The summed E-state index contributed by atoms with van der Waals surface area (Å²) in [5.41, 5.74) is 1.75. The van der Waals surface area contributed by atoms with Crippen LogP contribution >= 0.6 is 23.5 Å². The van der Waals surface area contributed by atoms with Gasteiger partial charge in [0.2, 0.25) is 0 Å². The van der Waals surface area contributed by atoms with Gasteiger partial charge in [0.25, 0.3) is 0 Å². The Bertz CT molecular complexity index is 1070. The molecule has 2 aromatic carbocycles. The monoisotopic (exact) mass is 482 g/mol. The number of likely N-dealkylation sites (N-methyl/N-ethyl adjacent to an activating group) is 1. The van der Waals surface area contributed by atoms with Gasteiger partial charge in [-0.3, -0.25) is 4.79 Å². The van der Waals surface area contributed by atoms with E-state index in [0.29, 0.717) is 22.5 Å². The molecular weight excluding hydrogens is 452 g/mol. The van der Waals surface area contributed by atoms with Crippen molar-refractivity contribution in [1.29, 1.82) is 0 Å². The molecule has 1 aliphatic heterocycles. The number of benzene rings is 2. The zero-order chi connectivity index (χ0) is 23.6. The second kappa shape index (κ2) is 10.0. The largest absolute Gasteiger partial charge is 0.480 e. The van der Waals surface area contributed by atoms with Gasteiger partial charge in [0.05, 0.1) is 10.7 Å². The lowest BCUT2D eigenvalue weighted by Gasteiger charge is -2.37. The highest BCUT2D eigenvalue weighted by molar-refractivity contribution is 7.97. The van der Waals surface area contributed by atoms with Gasteiger partial charge in [0.1, 0.15) is 5.41 Å². The van der Waals surface area contributed by atoms with Crippen LogP contribution in [-0.4, -0.2) is 35.0 Å². The zero-order valence-electron chi connectivity index (χ0n) is 19.5. The molecule has 2 aromatic rings. The smallest absolute Gasteiger partial charge is 0.321 e. The van der Waals surface area contributed by atoms with Gasteiger partial charge in [-0.15, -0.1) is 0 Å². The predicted octanol–water partition coefficient (Wildman–Crippen LogP) is 6.84. The maximum absolute atomic E-state index is 11.5. The highest BCUT2D eigenvalue weighted by Gasteiger charge is 2.34. The molecule has 0 saturated heterocycles. The summed E-state index contributed by atoms with van der Waals surface area (Å²) in [5.74, 6) is 5.64. The minimum absolute atomic E-state index is 0.419. The maximum Gasteiger partial charge on any atom is 0.321 e. The van der Waals surface area contributed by atoms with E-state index >= 15 is 0 Å². The van der Waals surface area contributed by atoms with Crippen molar-refractivity contribution in [3.8, 4) is 11.8 Å². The first-order chi connectivity index (χ1) is 15.8. The molecule has 1 fully saturated rings. The molecular formula is C27H31ClN2O2S. The number of carboxylic acid groups (broad SMARTS) is 1. The van der Waals surface area contributed by atoms with E-state index in [1.165, 1.54) is 32.1 Å². The third-order valence-corrected chi connectivity index (χ3v) is 8.12. The van der Waals surface area contributed by atoms with Crippen molar-refractivity contribution in [2.75, 3.05) is 18.5 Å². The molecule has 1 heterocycles. The van der Waals surface area contributed by atoms with Crippen LogP contribution in [-0.2, 0) is 4.79 Å². The number of carbonyl (C=O) groups is 1. The van der Waals surface area contributed by atoms with Crippen LogP contribution in [0.5, 0.6) is 0 Å². The fourth-order valence-electron chi connectivity index (χ4n) is 4.64. The Morgan fingerprint density at radius 2 is 1.85 bits per heavy atom. The summed E-state index contributed by atoms with van der Waals surface area (Å²) in [6.07, 6.45) is 6.51. The molecule has 4 rings (SSSR count).